The zero-order valence-electron chi connectivity index (χ0n) is 24.2. The van der Waals surface area contributed by atoms with Crippen LogP contribution in [0.4, 0.5) is 17.1 Å². The topological polar surface area (TPSA) is 8.17 Å². The molecule has 0 fully saturated rings. The van der Waals surface area contributed by atoms with Gasteiger partial charge in [0.05, 0.1) is 11.0 Å². The molecular formula is C42H30N2. The predicted octanol–water partition coefficient (Wildman–Crippen LogP) is 11.6. The number of hydrogen-bond donors (Lipinski definition) is 0. The fourth-order valence-electron chi connectivity index (χ4n) is 6.36. The van der Waals surface area contributed by atoms with Gasteiger partial charge >= 0.3 is 0 Å². The van der Waals surface area contributed by atoms with Crippen molar-refractivity contribution in [2.75, 3.05) is 4.90 Å². The van der Waals surface area contributed by atoms with Gasteiger partial charge in [0.15, 0.2) is 0 Å². The highest BCUT2D eigenvalue weighted by Gasteiger charge is 2.17. The van der Waals surface area contributed by atoms with Gasteiger partial charge in [-0.05, 0) is 82.9 Å². The van der Waals surface area contributed by atoms with Gasteiger partial charge < -0.3 is 9.47 Å². The van der Waals surface area contributed by atoms with Crippen molar-refractivity contribution in [3.63, 3.8) is 0 Å². The highest BCUT2D eigenvalue weighted by Crippen LogP contribution is 2.41. The number of aromatic nitrogens is 1. The first-order valence-electron chi connectivity index (χ1n) is 15.0. The molecule has 8 aromatic rings. The molecule has 0 bridgehead atoms. The Hall–Kier alpha value is -5.86. The molecule has 0 aliphatic heterocycles. The third kappa shape index (κ3) is 4.54. The highest BCUT2D eigenvalue weighted by molar-refractivity contribution is 6.16. The van der Waals surface area contributed by atoms with Crippen LogP contribution in [0.25, 0.3) is 49.7 Å². The first-order valence-corrected chi connectivity index (χ1v) is 15.0. The van der Waals surface area contributed by atoms with Gasteiger partial charge in [0.1, 0.15) is 0 Å². The van der Waals surface area contributed by atoms with E-state index in [-0.39, 0.29) is 0 Å². The molecule has 0 radical (unpaired) electrons. The van der Waals surface area contributed by atoms with E-state index in [1.807, 2.05) is 0 Å². The summed E-state index contributed by atoms with van der Waals surface area (Å²) in [6.07, 6.45) is 0. The van der Waals surface area contributed by atoms with Gasteiger partial charge in [0, 0.05) is 33.5 Å². The van der Waals surface area contributed by atoms with Crippen LogP contribution in [-0.2, 0) is 0 Å². The fourth-order valence-corrected chi connectivity index (χ4v) is 6.36. The number of nitrogens with zero attached hydrogens (tertiary/aromatic N) is 2. The first-order chi connectivity index (χ1) is 21.8. The molecule has 44 heavy (non-hydrogen) atoms. The lowest BCUT2D eigenvalue weighted by Crippen LogP contribution is -2.09. The monoisotopic (exact) mass is 562 g/mol. The van der Waals surface area contributed by atoms with E-state index in [0.29, 0.717) is 0 Å². The Morgan fingerprint density at radius 1 is 0.364 bits per heavy atom. The van der Waals surface area contributed by atoms with Crippen LogP contribution in [0.15, 0.2) is 182 Å². The van der Waals surface area contributed by atoms with Gasteiger partial charge in [-0.15, -0.1) is 0 Å². The van der Waals surface area contributed by atoms with E-state index >= 15 is 0 Å². The number of benzene rings is 7. The van der Waals surface area contributed by atoms with Crippen LogP contribution in [0.3, 0.4) is 0 Å². The Balaban J connectivity index is 1.28. The minimum Gasteiger partial charge on any atom is -0.311 e. The van der Waals surface area contributed by atoms with Crippen LogP contribution >= 0.6 is 0 Å². The van der Waals surface area contributed by atoms with Crippen LogP contribution < -0.4 is 4.90 Å². The second-order valence-corrected chi connectivity index (χ2v) is 11.0. The lowest BCUT2D eigenvalue weighted by Gasteiger charge is -2.25. The third-order valence-corrected chi connectivity index (χ3v) is 8.38. The van der Waals surface area contributed by atoms with Crippen LogP contribution in [-0.4, -0.2) is 4.57 Å². The summed E-state index contributed by atoms with van der Waals surface area (Å²) < 4.78 is 2.40. The molecule has 0 N–H and O–H groups in total. The molecule has 208 valence electrons. The Labute approximate surface area is 257 Å². The molecule has 1 heterocycles. The normalized spacial score (nSPS) is 11.2. The van der Waals surface area contributed by atoms with E-state index in [4.69, 9.17) is 0 Å². The van der Waals surface area contributed by atoms with Crippen molar-refractivity contribution < 1.29 is 0 Å². The van der Waals surface area contributed by atoms with E-state index in [0.717, 1.165) is 22.7 Å². The summed E-state index contributed by atoms with van der Waals surface area (Å²) in [6.45, 7) is 0. The average molecular weight is 563 g/mol. The molecule has 8 rings (SSSR count). The summed E-state index contributed by atoms with van der Waals surface area (Å²) in [6, 6.07) is 65.0. The van der Waals surface area contributed by atoms with Crippen molar-refractivity contribution in [1.82, 2.24) is 4.57 Å². The van der Waals surface area contributed by atoms with Crippen LogP contribution in [0, 0.1) is 0 Å². The molecular weight excluding hydrogens is 532 g/mol. The molecule has 0 atom stereocenters. The maximum Gasteiger partial charge on any atom is 0.0547 e. The van der Waals surface area contributed by atoms with Gasteiger partial charge in [0.2, 0.25) is 0 Å². The molecule has 1 aromatic heterocycles. The summed E-state index contributed by atoms with van der Waals surface area (Å²) in [5.41, 5.74) is 11.8. The third-order valence-electron chi connectivity index (χ3n) is 8.38. The summed E-state index contributed by atoms with van der Waals surface area (Å²) in [5.74, 6) is 0. The zero-order chi connectivity index (χ0) is 29.3. The lowest BCUT2D eigenvalue weighted by atomic mass is 9.98. The van der Waals surface area contributed by atoms with Crippen LogP contribution in [0.5, 0.6) is 0 Å². The van der Waals surface area contributed by atoms with Crippen molar-refractivity contribution in [2.45, 2.75) is 0 Å². The Kier molecular flexibility index (Phi) is 6.51. The lowest BCUT2D eigenvalue weighted by molar-refractivity contribution is 1.18. The van der Waals surface area contributed by atoms with Gasteiger partial charge in [-0.25, -0.2) is 0 Å². The summed E-state index contributed by atoms with van der Waals surface area (Å²) in [4.78, 5) is 2.30. The number of fused-ring (bicyclic) bond motifs is 3. The van der Waals surface area contributed by atoms with Crippen LogP contribution in [0.2, 0.25) is 0 Å². The summed E-state index contributed by atoms with van der Waals surface area (Å²) in [5, 5.41) is 2.53. The van der Waals surface area contributed by atoms with Crippen LogP contribution in [0.1, 0.15) is 0 Å². The second kappa shape index (κ2) is 11.1. The van der Waals surface area contributed by atoms with E-state index in [1.165, 1.54) is 44.1 Å². The largest absolute Gasteiger partial charge is 0.311 e. The van der Waals surface area contributed by atoms with E-state index in [9.17, 15) is 0 Å². The minimum absolute atomic E-state index is 1.12. The van der Waals surface area contributed by atoms with Crippen molar-refractivity contribution >= 4 is 38.9 Å². The molecule has 0 spiro atoms. The quantitative estimate of drug-likeness (QED) is 0.196. The van der Waals surface area contributed by atoms with Crippen molar-refractivity contribution in [2.24, 2.45) is 0 Å². The number of hydrogen-bond acceptors (Lipinski definition) is 1. The maximum absolute atomic E-state index is 2.40. The summed E-state index contributed by atoms with van der Waals surface area (Å²) in [7, 11) is 0. The highest BCUT2D eigenvalue weighted by atomic mass is 15.1. The van der Waals surface area contributed by atoms with E-state index < -0.39 is 0 Å². The van der Waals surface area contributed by atoms with Crippen molar-refractivity contribution in [1.29, 1.82) is 0 Å². The summed E-state index contributed by atoms with van der Waals surface area (Å²) >= 11 is 0. The molecule has 0 saturated carbocycles. The van der Waals surface area contributed by atoms with Crippen molar-refractivity contribution in [3.05, 3.63) is 182 Å². The minimum atomic E-state index is 1.12. The van der Waals surface area contributed by atoms with Gasteiger partial charge in [-0.1, -0.05) is 121 Å². The zero-order valence-corrected chi connectivity index (χ0v) is 24.2. The maximum atomic E-state index is 2.40. The first kappa shape index (κ1) is 25.8. The fraction of sp³-hybridized carbons (Fsp3) is 0. The Morgan fingerprint density at radius 3 is 1.55 bits per heavy atom. The standard InChI is InChI=1S/C42H30N2/c1-5-14-32(15-6-1)38-22-13-23-40-42(38)39-29-26-33(30-41(39)44(40)36-20-11-4-12-21-36)31-24-27-37(28-25-31)43(34-16-7-2-8-17-34)35-18-9-3-10-19-35/h1-30H. The predicted molar refractivity (Wildman–Crippen MR) is 186 cm³/mol. The van der Waals surface area contributed by atoms with Gasteiger partial charge in [0.25, 0.3) is 0 Å². The second-order valence-electron chi connectivity index (χ2n) is 11.0. The molecule has 2 heteroatoms. The Morgan fingerprint density at radius 2 is 0.909 bits per heavy atom. The molecule has 0 aliphatic rings. The number of rotatable bonds is 6. The number of anilines is 3. The number of para-hydroxylation sites is 3. The molecule has 2 nitrogen and oxygen atoms in total. The molecule has 0 saturated heterocycles. The van der Waals surface area contributed by atoms with Crippen molar-refractivity contribution in [3.8, 4) is 27.9 Å². The molecule has 7 aromatic carbocycles. The smallest absolute Gasteiger partial charge is 0.0547 e. The molecule has 0 aliphatic carbocycles. The van der Waals surface area contributed by atoms with E-state index in [2.05, 4.69) is 191 Å². The molecule has 0 amide bonds. The van der Waals surface area contributed by atoms with Gasteiger partial charge in [-0.3, -0.25) is 0 Å². The van der Waals surface area contributed by atoms with Gasteiger partial charge in [-0.2, -0.15) is 0 Å². The van der Waals surface area contributed by atoms with E-state index in [1.54, 1.807) is 0 Å². The Bertz CT molecular complexity index is 2140. The molecule has 0 unspecified atom stereocenters. The SMILES string of the molecule is c1ccc(-c2cccc3c2c2ccc(-c4ccc(N(c5ccccc5)c5ccccc5)cc4)cc2n3-c2ccccc2)cc1. The average Bonchev–Trinajstić information content (AvgIpc) is 3.44.